The van der Waals surface area contributed by atoms with Crippen molar-refractivity contribution in [2.24, 2.45) is 0 Å². The molecule has 0 saturated carbocycles. The maximum absolute atomic E-state index is 13.9. The average Bonchev–Trinajstić information content (AvgIpc) is 2.62. The third-order valence-electron chi connectivity index (χ3n) is 5.35. The Bertz CT molecular complexity index is 740. The Balaban J connectivity index is 1.54. The zero-order valence-electron chi connectivity index (χ0n) is 15.6. The van der Waals surface area contributed by atoms with Crippen molar-refractivity contribution in [1.29, 1.82) is 0 Å². The first-order valence-electron chi connectivity index (χ1n) is 9.73. The Kier molecular flexibility index (Phi) is 6.83. The summed E-state index contributed by atoms with van der Waals surface area (Å²) in [5, 5.41) is 0. The van der Waals surface area contributed by atoms with Gasteiger partial charge >= 0.3 is 0 Å². The second kappa shape index (κ2) is 9.12. The summed E-state index contributed by atoms with van der Waals surface area (Å²) < 4.78 is 40.5. The van der Waals surface area contributed by atoms with E-state index in [-0.39, 0.29) is 23.9 Å². The molecule has 0 bridgehead atoms. The zero-order valence-corrected chi connectivity index (χ0v) is 16.5. The third kappa shape index (κ3) is 5.06. The summed E-state index contributed by atoms with van der Waals surface area (Å²) >= 11 is 0. The van der Waals surface area contributed by atoms with E-state index >= 15 is 0 Å². The summed E-state index contributed by atoms with van der Waals surface area (Å²) in [5.41, 5.74) is 0. The smallest absolute Gasteiger partial charge is 0.246 e. The van der Waals surface area contributed by atoms with Gasteiger partial charge in [-0.2, -0.15) is 4.31 Å². The normalized spacial score (nSPS) is 20.9. The lowest BCUT2D eigenvalue weighted by Crippen LogP contribution is -2.51. The van der Waals surface area contributed by atoms with E-state index in [4.69, 9.17) is 0 Å². The van der Waals surface area contributed by atoms with Gasteiger partial charge in [0.2, 0.25) is 15.9 Å². The van der Waals surface area contributed by atoms with Crippen LogP contribution in [0.2, 0.25) is 0 Å². The second-order valence-corrected chi connectivity index (χ2v) is 9.17. The molecule has 0 unspecified atom stereocenters. The SMILES string of the molecule is O=C(CN1CCN(S(=O)(=O)c2ccccc2F)CC1)N1CCCCCCC1. The van der Waals surface area contributed by atoms with Gasteiger partial charge in [0.05, 0.1) is 6.54 Å². The fourth-order valence-corrected chi connectivity index (χ4v) is 5.20. The monoisotopic (exact) mass is 397 g/mol. The van der Waals surface area contributed by atoms with E-state index in [1.54, 1.807) is 0 Å². The van der Waals surface area contributed by atoms with Gasteiger partial charge in [-0.25, -0.2) is 12.8 Å². The number of halogens is 1. The maximum Gasteiger partial charge on any atom is 0.246 e. The fraction of sp³-hybridized carbons (Fsp3) is 0.632. The zero-order chi connectivity index (χ0) is 19.3. The number of carbonyl (C=O) groups is 1. The van der Waals surface area contributed by atoms with Crippen molar-refractivity contribution in [2.45, 2.75) is 37.0 Å². The molecule has 0 radical (unpaired) electrons. The molecular formula is C19H28FN3O3S. The molecule has 0 spiro atoms. The first-order valence-corrected chi connectivity index (χ1v) is 11.2. The first kappa shape index (κ1) is 20.2. The molecule has 3 rings (SSSR count). The van der Waals surface area contributed by atoms with E-state index in [1.165, 1.54) is 41.8 Å². The van der Waals surface area contributed by atoms with Crippen LogP contribution in [0.25, 0.3) is 0 Å². The Hall–Kier alpha value is -1.51. The van der Waals surface area contributed by atoms with Gasteiger partial charge in [-0.05, 0) is 25.0 Å². The molecule has 2 fully saturated rings. The molecule has 1 amide bonds. The van der Waals surface area contributed by atoms with E-state index in [1.807, 2.05) is 9.80 Å². The van der Waals surface area contributed by atoms with Crippen molar-refractivity contribution >= 4 is 15.9 Å². The summed E-state index contributed by atoms with van der Waals surface area (Å²) in [6.45, 7) is 3.46. The largest absolute Gasteiger partial charge is 0.342 e. The molecule has 1 aromatic carbocycles. The number of hydrogen-bond donors (Lipinski definition) is 0. The van der Waals surface area contributed by atoms with Crippen molar-refractivity contribution < 1.29 is 17.6 Å². The number of carbonyl (C=O) groups excluding carboxylic acids is 1. The van der Waals surface area contributed by atoms with Crippen LogP contribution in [0.15, 0.2) is 29.2 Å². The highest BCUT2D eigenvalue weighted by Gasteiger charge is 2.31. The van der Waals surface area contributed by atoms with Crippen LogP contribution >= 0.6 is 0 Å². The van der Waals surface area contributed by atoms with Crippen LogP contribution < -0.4 is 0 Å². The van der Waals surface area contributed by atoms with Gasteiger partial charge in [-0.3, -0.25) is 9.69 Å². The van der Waals surface area contributed by atoms with Crippen LogP contribution in [0.4, 0.5) is 4.39 Å². The van der Waals surface area contributed by atoms with Crippen molar-refractivity contribution in [3.05, 3.63) is 30.1 Å². The minimum absolute atomic E-state index is 0.127. The Morgan fingerprint density at radius 2 is 1.48 bits per heavy atom. The summed E-state index contributed by atoms with van der Waals surface area (Å²) in [6, 6.07) is 5.45. The topological polar surface area (TPSA) is 60.9 Å². The highest BCUT2D eigenvalue weighted by Crippen LogP contribution is 2.20. The summed E-state index contributed by atoms with van der Waals surface area (Å²) in [5.74, 6) is -0.602. The number of amides is 1. The number of sulfonamides is 1. The van der Waals surface area contributed by atoms with E-state index in [0.29, 0.717) is 19.6 Å². The molecule has 0 aliphatic carbocycles. The van der Waals surface area contributed by atoms with Crippen molar-refractivity contribution in [1.82, 2.24) is 14.1 Å². The average molecular weight is 398 g/mol. The molecule has 2 aliphatic heterocycles. The van der Waals surface area contributed by atoms with E-state index in [2.05, 4.69) is 0 Å². The van der Waals surface area contributed by atoms with Gasteiger partial charge in [0.1, 0.15) is 10.7 Å². The Morgan fingerprint density at radius 3 is 2.11 bits per heavy atom. The number of hydrogen-bond acceptors (Lipinski definition) is 4. The molecule has 6 nitrogen and oxygen atoms in total. The molecule has 0 aromatic heterocycles. The predicted octanol–water partition coefficient (Wildman–Crippen LogP) is 1.92. The molecule has 2 heterocycles. The minimum Gasteiger partial charge on any atom is -0.342 e. The molecule has 8 heteroatoms. The van der Waals surface area contributed by atoms with E-state index in [0.717, 1.165) is 32.0 Å². The van der Waals surface area contributed by atoms with Crippen LogP contribution in [0.5, 0.6) is 0 Å². The molecule has 27 heavy (non-hydrogen) atoms. The van der Waals surface area contributed by atoms with Gasteiger partial charge in [-0.15, -0.1) is 0 Å². The number of rotatable bonds is 4. The van der Waals surface area contributed by atoms with Gasteiger partial charge in [0.25, 0.3) is 0 Å². The fourth-order valence-electron chi connectivity index (χ4n) is 3.71. The quantitative estimate of drug-likeness (QED) is 0.779. The van der Waals surface area contributed by atoms with Gasteiger partial charge in [0, 0.05) is 39.3 Å². The summed E-state index contributed by atoms with van der Waals surface area (Å²) in [6.07, 6.45) is 5.72. The standard InChI is InChI=1S/C19H28FN3O3S/c20-17-8-4-5-9-18(17)27(25,26)23-14-12-21(13-15-23)16-19(24)22-10-6-2-1-3-7-11-22/h4-5,8-9H,1-3,6-7,10-16H2. The lowest BCUT2D eigenvalue weighted by molar-refractivity contribution is -0.133. The van der Waals surface area contributed by atoms with Crippen LogP contribution in [-0.2, 0) is 14.8 Å². The number of nitrogens with zero attached hydrogens (tertiary/aromatic N) is 3. The number of benzene rings is 1. The number of likely N-dealkylation sites (tertiary alicyclic amines) is 1. The number of piperazine rings is 1. The van der Waals surface area contributed by atoms with Gasteiger partial charge < -0.3 is 4.90 Å². The summed E-state index contributed by atoms with van der Waals surface area (Å²) in [4.78, 5) is 16.2. The molecule has 2 saturated heterocycles. The molecule has 0 N–H and O–H groups in total. The van der Waals surface area contributed by atoms with Crippen molar-refractivity contribution in [3.63, 3.8) is 0 Å². The molecule has 2 aliphatic rings. The Morgan fingerprint density at radius 1 is 0.889 bits per heavy atom. The highest BCUT2D eigenvalue weighted by molar-refractivity contribution is 7.89. The first-order chi connectivity index (χ1) is 13.0. The lowest BCUT2D eigenvalue weighted by atomic mass is 10.1. The Labute approximate surface area is 161 Å². The van der Waals surface area contributed by atoms with Crippen LogP contribution in [0, 0.1) is 5.82 Å². The van der Waals surface area contributed by atoms with E-state index in [9.17, 15) is 17.6 Å². The van der Waals surface area contributed by atoms with Gasteiger partial charge in [-0.1, -0.05) is 31.4 Å². The molecule has 150 valence electrons. The highest BCUT2D eigenvalue weighted by atomic mass is 32.2. The van der Waals surface area contributed by atoms with E-state index < -0.39 is 15.8 Å². The maximum atomic E-state index is 13.9. The van der Waals surface area contributed by atoms with Crippen molar-refractivity contribution in [2.75, 3.05) is 45.8 Å². The van der Waals surface area contributed by atoms with Crippen molar-refractivity contribution in [3.8, 4) is 0 Å². The molecule has 0 atom stereocenters. The third-order valence-corrected chi connectivity index (χ3v) is 7.29. The van der Waals surface area contributed by atoms with Gasteiger partial charge in [0.15, 0.2) is 0 Å². The molecular weight excluding hydrogens is 369 g/mol. The van der Waals surface area contributed by atoms with Crippen LogP contribution in [-0.4, -0.2) is 74.2 Å². The predicted molar refractivity (Wildman–Crippen MR) is 101 cm³/mol. The second-order valence-electron chi connectivity index (χ2n) is 7.26. The minimum atomic E-state index is -3.84. The molecule has 1 aromatic rings. The van der Waals surface area contributed by atoms with Crippen LogP contribution in [0.1, 0.15) is 32.1 Å². The lowest BCUT2D eigenvalue weighted by Gasteiger charge is -2.35. The van der Waals surface area contributed by atoms with Crippen LogP contribution in [0.3, 0.4) is 0 Å². The summed E-state index contributed by atoms with van der Waals surface area (Å²) in [7, 11) is -3.84.